The topological polar surface area (TPSA) is 17.1 Å². The van der Waals surface area contributed by atoms with Crippen LogP contribution in [0, 0.1) is 0 Å². The standard InChI is InChI=1S/C18H13BrOS/c1-12(20)17-11-15(19)7-9-18(17)21-16-8-6-13-4-2-3-5-14(13)10-16/h2-11H,1H3. The predicted molar refractivity (Wildman–Crippen MR) is 92.2 cm³/mol. The molecule has 0 aromatic heterocycles. The van der Waals surface area contributed by atoms with Crippen LogP contribution in [0.25, 0.3) is 10.8 Å². The van der Waals surface area contributed by atoms with Gasteiger partial charge in [-0.3, -0.25) is 4.79 Å². The lowest BCUT2D eigenvalue weighted by Crippen LogP contribution is -1.95. The number of hydrogen-bond acceptors (Lipinski definition) is 2. The van der Waals surface area contributed by atoms with Gasteiger partial charge in [0.1, 0.15) is 0 Å². The van der Waals surface area contributed by atoms with Gasteiger partial charge in [-0.05, 0) is 48.0 Å². The number of fused-ring (bicyclic) bond motifs is 1. The number of Topliss-reactive ketones (excluding diaryl/α,β-unsaturated/α-hetero) is 1. The summed E-state index contributed by atoms with van der Waals surface area (Å²) in [6.07, 6.45) is 0. The summed E-state index contributed by atoms with van der Waals surface area (Å²) < 4.78 is 0.926. The molecule has 3 heteroatoms. The van der Waals surface area contributed by atoms with Crippen molar-refractivity contribution in [3.63, 3.8) is 0 Å². The van der Waals surface area contributed by atoms with Gasteiger partial charge < -0.3 is 0 Å². The Balaban J connectivity index is 2.00. The van der Waals surface area contributed by atoms with E-state index in [1.165, 1.54) is 10.8 Å². The molecule has 21 heavy (non-hydrogen) atoms. The van der Waals surface area contributed by atoms with E-state index < -0.39 is 0 Å². The molecular formula is C18H13BrOS. The molecule has 0 saturated carbocycles. The molecule has 1 nitrogen and oxygen atoms in total. The van der Waals surface area contributed by atoms with E-state index in [1.54, 1.807) is 18.7 Å². The summed E-state index contributed by atoms with van der Waals surface area (Å²) in [5, 5.41) is 2.44. The smallest absolute Gasteiger partial charge is 0.160 e. The zero-order valence-electron chi connectivity index (χ0n) is 11.5. The van der Waals surface area contributed by atoms with E-state index in [0.717, 1.165) is 19.8 Å². The van der Waals surface area contributed by atoms with Crippen LogP contribution >= 0.6 is 27.7 Å². The van der Waals surface area contributed by atoms with E-state index in [-0.39, 0.29) is 5.78 Å². The molecule has 3 aromatic carbocycles. The third kappa shape index (κ3) is 3.20. The number of carbonyl (C=O) groups excluding carboxylic acids is 1. The summed E-state index contributed by atoms with van der Waals surface area (Å²) in [4.78, 5) is 13.9. The maximum Gasteiger partial charge on any atom is 0.160 e. The summed E-state index contributed by atoms with van der Waals surface area (Å²) in [5.74, 6) is 0.0830. The number of halogens is 1. The molecule has 0 aliphatic heterocycles. The van der Waals surface area contributed by atoms with E-state index in [2.05, 4.69) is 46.3 Å². The van der Waals surface area contributed by atoms with Crippen LogP contribution < -0.4 is 0 Å². The van der Waals surface area contributed by atoms with Gasteiger partial charge in [-0.15, -0.1) is 0 Å². The van der Waals surface area contributed by atoms with Gasteiger partial charge in [-0.1, -0.05) is 58.0 Å². The fourth-order valence-corrected chi connectivity index (χ4v) is 3.61. The van der Waals surface area contributed by atoms with Crippen molar-refractivity contribution in [2.75, 3.05) is 0 Å². The molecule has 0 radical (unpaired) electrons. The van der Waals surface area contributed by atoms with Crippen molar-refractivity contribution in [1.82, 2.24) is 0 Å². The average Bonchev–Trinajstić information content (AvgIpc) is 2.49. The van der Waals surface area contributed by atoms with Crippen molar-refractivity contribution in [1.29, 1.82) is 0 Å². The molecular weight excluding hydrogens is 344 g/mol. The van der Waals surface area contributed by atoms with Gasteiger partial charge in [0.15, 0.2) is 5.78 Å². The Morgan fingerprint density at radius 1 is 0.952 bits per heavy atom. The number of benzene rings is 3. The van der Waals surface area contributed by atoms with Crippen molar-refractivity contribution in [3.8, 4) is 0 Å². The first-order valence-electron chi connectivity index (χ1n) is 6.60. The Bertz CT molecular complexity index is 826. The minimum absolute atomic E-state index is 0.0830. The summed E-state index contributed by atoms with van der Waals surface area (Å²) in [5.41, 5.74) is 0.752. The van der Waals surface area contributed by atoms with Crippen LogP contribution in [0.3, 0.4) is 0 Å². The first-order chi connectivity index (χ1) is 10.1. The fourth-order valence-electron chi connectivity index (χ4n) is 2.22. The highest BCUT2D eigenvalue weighted by atomic mass is 79.9. The Hall–Kier alpha value is -1.58. The van der Waals surface area contributed by atoms with Crippen LogP contribution in [-0.2, 0) is 0 Å². The van der Waals surface area contributed by atoms with Gasteiger partial charge in [-0.25, -0.2) is 0 Å². The molecule has 0 N–H and O–H groups in total. The lowest BCUT2D eigenvalue weighted by Gasteiger charge is -2.08. The maximum atomic E-state index is 11.8. The first-order valence-corrected chi connectivity index (χ1v) is 8.21. The molecule has 0 aliphatic carbocycles. The molecule has 0 aliphatic rings. The molecule has 104 valence electrons. The Kier molecular flexibility index (Phi) is 4.13. The van der Waals surface area contributed by atoms with Crippen molar-refractivity contribution in [2.24, 2.45) is 0 Å². The third-order valence-corrected chi connectivity index (χ3v) is 4.83. The van der Waals surface area contributed by atoms with Crippen molar-refractivity contribution < 1.29 is 4.79 Å². The zero-order valence-corrected chi connectivity index (χ0v) is 13.9. The monoisotopic (exact) mass is 356 g/mol. The van der Waals surface area contributed by atoms with Crippen LogP contribution in [-0.4, -0.2) is 5.78 Å². The number of hydrogen-bond donors (Lipinski definition) is 0. The Labute approximate surface area is 136 Å². The highest BCUT2D eigenvalue weighted by Gasteiger charge is 2.09. The van der Waals surface area contributed by atoms with E-state index in [1.807, 2.05) is 30.3 Å². The maximum absolute atomic E-state index is 11.8. The van der Waals surface area contributed by atoms with Gasteiger partial charge in [0.25, 0.3) is 0 Å². The highest BCUT2D eigenvalue weighted by Crippen LogP contribution is 2.33. The highest BCUT2D eigenvalue weighted by molar-refractivity contribution is 9.10. The summed E-state index contributed by atoms with van der Waals surface area (Å²) in [6.45, 7) is 1.60. The second-order valence-electron chi connectivity index (χ2n) is 4.81. The van der Waals surface area contributed by atoms with E-state index in [9.17, 15) is 4.79 Å². The molecule has 0 fully saturated rings. The number of ketones is 1. The molecule has 0 saturated heterocycles. The number of carbonyl (C=O) groups is 1. The molecule has 0 bridgehead atoms. The molecule has 3 aromatic rings. The van der Waals surface area contributed by atoms with Crippen LogP contribution in [0.4, 0.5) is 0 Å². The SMILES string of the molecule is CC(=O)c1cc(Br)ccc1Sc1ccc2ccccc2c1. The van der Waals surface area contributed by atoms with Crippen molar-refractivity contribution in [3.05, 3.63) is 70.7 Å². The van der Waals surface area contributed by atoms with E-state index >= 15 is 0 Å². The van der Waals surface area contributed by atoms with Crippen molar-refractivity contribution in [2.45, 2.75) is 16.7 Å². The number of rotatable bonds is 3. The largest absolute Gasteiger partial charge is 0.294 e. The minimum Gasteiger partial charge on any atom is -0.294 e. The Morgan fingerprint density at radius 3 is 2.48 bits per heavy atom. The van der Waals surface area contributed by atoms with Crippen molar-refractivity contribution >= 4 is 44.2 Å². The summed E-state index contributed by atoms with van der Waals surface area (Å²) in [7, 11) is 0. The van der Waals surface area contributed by atoms with E-state index in [4.69, 9.17) is 0 Å². The second kappa shape index (κ2) is 6.04. The third-order valence-electron chi connectivity index (χ3n) is 3.27. The fraction of sp³-hybridized carbons (Fsp3) is 0.0556. The normalized spacial score (nSPS) is 10.8. The molecule has 0 unspecified atom stereocenters. The minimum atomic E-state index is 0.0830. The summed E-state index contributed by atoms with van der Waals surface area (Å²) >= 11 is 5.05. The Morgan fingerprint density at radius 2 is 1.71 bits per heavy atom. The first kappa shape index (κ1) is 14.4. The zero-order chi connectivity index (χ0) is 14.8. The average molecular weight is 357 g/mol. The van der Waals surface area contributed by atoms with Crippen LogP contribution in [0.15, 0.2) is 74.9 Å². The van der Waals surface area contributed by atoms with Gasteiger partial charge in [0.05, 0.1) is 0 Å². The van der Waals surface area contributed by atoms with Gasteiger partial charge in [0, 0.05) is 19.8 Å². The van der Waals surface area contributed by atoms with Gasteiger partial charge in [-0.2, -0.15) is 0 Å². The van der Waals surface area contributed by atoms with Gasteiger partial charge >= 0.3 is 0 Å². The van der Waals surface area contributed by atoms with Crippen LogP contribution in [0.5, 0.6) is 0 Å². The quantitative estimate of drug-likeness (QED) is 0.538. The predicted octanol–water partition coefficient (Wildman–Crippen LogP) is 5.96. The lowest BCUT2D eigenvalue weighted by atomic mass is 10.1. The lowest BCUT2D eigenvalue weighted by molar-refractivity contribution is 0.101. The molecule has 0 heterocycles. The molecule has 0 atom stereocenters. The molecule has 0 spiro atoms. The van der Waals surface area contributed by atoms with Crippen LogP contribution in [0.1, 0.15) is 17.3 Å². The molecule has 0 amide bonds. The summed E-state index contributed by atoms with van der Waals surface area (Å²) in [6, 6.07) is 20.5. The van der Waals surface area contributed by atoms with Crippen LogP contribution in [0.2, 0.25) is 0 Å². The second-order valence-corrected chi connectivity index (χ2v) is 6.84. The van der Waals surface area contributed by atoms with E-state index in [0.29, 0.717) is 0 Å². The van der Waals surface area contributed by atoms with Gasteiger partial charge in [0.2, 0.25) is 0 Å². The molecule has 3 rings (SSSR count).